The Kier molecular flexibility index (Phi) is 7.53. The van der Waals surface area contributed by atoms with Gasteiger partial charge in [0.1, 0.15) is 11.9 Å². The molecule has 45 heavy (non-hydrogen) atoms. The molecule has 0 spiro atoms. The van der Waals surface area contributed by atoms with E-state index in [-0.39, 0.29) is 26.7 Å². The highest BCUT2D eigenvalue weighted by atomic mass is 35.5. The van der Waals surface area contributed by atoms with E-state index in [1.54, 1.807) is 67.6 Å². The van der Waals surface area contributed by atoms with Crippen molar-refractivity contribution in [2.45, 2.75) is 18.7 Å². The number of aromatic nitrogens is 1. The summed E-state index contributed by atoms with van der Waals surface area (Å²) in [5.41, 5.74) is 4.81. The minimum absolute atomic E-state index is 0.0250. The van der Waals surface area contributed by atoms with E-state index in [4.69, 9.17) is 11.6 Å². The fourth-order valence-corrected chi connectivity index (χ4v) is 7.41. The van der Waals surface area contributed by atoms with Crippen LogP contribution in [0.2, 0.25) is 5.02 Å². The van der Waals surface area contributed by atoms with Crippen LogP contribution in [0.25, 0.3) is 44.4 Å². The third kappa shape index (κ3) is 5.16. The Morgan fingerprint density at radius 1 is 0.867 bits per heavy atom. The zero-order valence-corrected chi connectivity index (χ0v) is 25.6. The van der Waals surface area contributed by atoms with Gasteiger partial charge in [0.2, 0.25) is 0 Å². The number of benzene rings is 5. The average Bonchev–Trinajstić information content (AvgIpc) is 3.36. The van der Waals surface area contributed by atoms with Gasteiger partial charge in [-0.05, 0) is 73.5 Å². The number of fused-ring (bicyclic) bond motifs is 1. The van der Waals surface area contributed by atoms with Gasteiger partial charge in [0, 0.05) is 32.7 Å². The van der Waals surface area contributed by atoms with Crippen LogP contribution < -0.4 is 0 Å². The molecule has 1 heterocycles. The van der Waals surface area contributed by atoms with Gasteiger partial charge in [-0.25, -0.2) is 21.6 Å². The number of nitriles is 1. The molecule has 0 radical (unpaired) electrons. The van der Waals surface area contributed by atoms with E-state index >= 15 is 0 Å². The normalized spacial score (nSPS) is 11.4. The Hall–Kier alpha value is -5.23. The SMILES string of the molecule is Cc1ccc(S(=O)(=O)n2c(-c3cccc(-c4ccc(C(=O)O)cc4Cl)c3)c(-c3cccc(C)c3C#N)c3cc(F)ccc32)cc1. The molecule has 9 heteroatoms. The maximum absolute atomic E-state index is 14.9. The number of aryl methyl sites for hydroxylation is 2. The predicted molar refractivity (Wildman–Crippen MR) is 173 cm³/mol. The summed E-state index contributed by atoms with van der Waals surface area (Å²) in [7, 11) is -4.27. The van der Waals surface area contributed by atoms with E-state index in [1.807, 2.05) is 6.92 Å². The van der Waals surface area contributed by atoms with E-state index in [2.05, 4.69) is 6.07 Å². The van der Waals surface area contributed by atoms with Crippen molar-refractivity contribution < 1.29 is 22.7 Å². The van der Waals surface area contributed by atoms with Gasteiger partial charge in [-0.2, -0.15) is 5.26 Å². The van der Waals surface area contributed by atoms with Crippen LogP contribution in [0.4, 0.5) is 4.39 Å². The molecule has 0 saturated carbocycles. The Balaban J connectivity index is 1.75. The molecular weight excluding hydrogens is 611 g/mol. The third-order valence-corrected chi connectivity index (χ3v) is 9.80. The molecule has 5 aromatic carbocycles. The Morgan fingerprint density at radius 2 is 1.58 bits per heavy atom. The second kappa shape index (κ2) is 11.4. The predicted octanol–water partition coefficient (Wildman–Crippen LogP) is 8.86. The lowest BCUT2D eigenvalue weighted by Crippen LogP contribution is -2.14. The summed E-state index contributed by atoms with van der Waals surface area (Å²) in [6, 6.07) is 29.3. The van der Waals surface area contributed by atoms with Crippen LogP contribution in [0.3, 0.4) is 0 Å². The van der Waals surface area contributed by atoms with Gasteiger partial charge in [0.25, 0.3) is 10.0 Å². The maximum atomic E-state index is 14.9. The molecule has 0 atom stereocenters. The first kappa shape index (κ1) is 29.8. The van der Waals surface area contributed by atoms with Crippen molar-refractivity contribution in [2.75, 3.05) is 0 Å². The van der Waals surface area contributed by atoms with Crippen LogP contribution in [0.15, 0.2) is 108 Å². The topological polar surface area (TPSA) is 100 Å². The number of nitrogens with zero attached hydrogens (tertiary/aromatic N) is 2. The highest BCUT2D eigenvalue weighted by Crippen LogP contribution is 2.45. The average molecular weight is 635 g/mol. The third-order valence-electron chi connectivity index (χ3n) is 7.76. The minimum Gasteiger partial charge on any atom is -0.478 e. The summed E-state index contributed by atoms with van der Waals surface area (Å²) in [6.07, 6.45) is 0. The lowest BCUT2D eigenvalue weighted by molar-refractivity contribution is 0.0697. The van der Waals surface area contributed by atoms with Gasteiger partial charge in [0.05, 0.1) is 27.2 Å². The molecule has 0 saturated heterocycles. The first-order valence-corrected chi connectivity index (χ1v) is 15.6. The number of rotatable bonds is 6. The van der Waals surface area contributed by atoms with Crippen molar-refractivity contribution in [3.63, 3.8) is 0 Å². The van der Waals surface area contributed by atoms with E-state index in [0.717, 1.165) is 5.56 Å². The fourth-order valence-electron chi connectivity index (χ4n) is 5.58. The molecule has 6 aromatic rings. The van der Waals surface area contributed by atoms with Gasteiger partial charge in [-0.1, -0.05) is 71.8 Å². The zero-order chi connectivity index (χ0) is 32.0. The van der Waals surface area contributed by atoms with Gasteiger partial charge in [-0.3, -0.25) is 0 Å². The Bertz CT molecular complexity index is 2320. The number of carbonyl (C=O) groups is 1. The molecule has 1 aromatic heterocycles. The molecule has 0 amide bonds. The van der Waals surface area contributed by atoms with Crippen LogP contribution in [0.1, 0.15) is 27.0 Å². The van der Waals surface area contributed by atoms with Crippen molar-refractivity contribution in [3.8, 4) is 39.6 Å². The van der Waals surface area contributed by atoms with Crippen LogP contribution in [-0.2, 0) is 10.0 Å². The molecule has 0 aliphatic rings. The van der Waals surface area contributed by atoms with Crippen LogP contribution in [0, 0.1) is 31.0 Å². The Morgan fingerprint density at radius 3 is 2.27 bits per heavy atom. The number of halogens is 2. The lowest BCUT2D eigenvalue weighted by atomic mass is 9.92. The molecule has 6 nitrogen and oxygen atoms in total. The summed E-state index contributed by atoms with van der Waals surface area (Å²) < 4.78 is 45.2. The molecule has 0 aliphatic heterocycles. The van der Waals surface area contributed by atoms with Crippen molar-refractivity contribution >= 4 is 38.5 Å². The van der Waals surface area contributed by atoms with E-state index < -0.39 is 21.8 Å². The molecular formula is C36H24ClFN2O4S. The quantitative estimate of drug-likeness (QED) is 0.197. The first-order valence-electron chi connectivity index (χ1n) is 13.8. The highest BCUT2D eigenvalue weighted by molar-refractivity contribution is 7.90. The second-order valence-electron chi connectivity index (χ2n) is 10.7. The molecule has 0 fully saturated rings. The van der Waals surface area contributed by atoms with E-state index in [0.29, 0.717) is 44.3 Å². The van der Waals surface area contributed by atoms with E-state index in [1.165, 1.54) is 46.4 Å². The fraction of sp³-hybridized carbons (Fsp3) is 0.0556. The number of aromatic carboxylic acids is 1. The second-order valence-corrected chi connectivity index (χ2v) is 12.9. The van der Waals surface area contributed by atoms with E-state index in [9.17, 15) is 28.0 Å². The van der Waals surface area contributed by atoms with Crippen molar-refractivity contribution in [1.82, 2.24) is 3.97 Å². The monoisotopic (exact) mass is 634 g/mol. The largest absolute Gasteiger partial charge is 0.478 e. The summed E-state index contributed by atoms with van der Waals surface area (Å²) in [5, 5.41) is 20.1. The Labute approximate surface area is 264 Å². The van der Waals surface area contributed by atoms with Crippen molar-refractivity contribution in [1.29, 1.82) is 5.26 Å². The highest BCUT2D eigenvalue weighted by Gasteiger charge is 2.30. The zero-order valence-electron chi connectivity index (χ0n) is 24.0. The van der Waals surface area contributed by atoms with Crippen LogP contribution >= 0.6 is 11.6 Å². The van der Waals surface area contributed by atoms with Crippen molar-refractivity contribution in [2.24, 2.45) is 0 Å². The summed E-state index contributed by atoms with van der Waals surface area (Å²) in [6.45, 7) is 3.64. The standard InChI is InChI=1S/C36H24ClFN2O4S/c1-21-9-13-27(14-10-21)45(43,44)40-33-16-12-26(38)19-30(33)34(29-8-3-5-22(2)31(29)20-39)35(40)24-7-4-6-23(17-24)28-15-11-25(36(41)42)18-32(28)37/h3-19H,1-2H3,(H,41,42). The molecule has 0 unspecified atom stereocenters. The molecule has 222 valence electrons. The molecule has 1 N–H and O–H groups in total. The number of hydrogen-bond acceptors (Lipinski definition) is 4. The van der Waals surface area contributed by atoms with Gasteiger partial charge < -0.3 is 5.11 Å². The number of hydrogen-bond donors (Lipinski definition) is 1. The van der Waals surface area contributed by atoms with Gasteiger partial charge in [-0.15, -0.1) is 0 Å². The summed E-state index contributed by atoms with van der Waals surface area (Å²) in [5.74, 6) is -1.68. The molecule has 0 aliphatic carbocycles. The summed E-state index contributed by atoms with van der Waals surface area (Å²) in [4.78, 5) is 11.5. The number of carboxylic acids is 1. The van der Waals surface area contributed by atoms with Gasteiger partial charge >= 0.3 is 5.97 Å². The molecule has 6 rings (SSSR count). The smallest absolute Gasteiger partial charge is 0.335 e. The molecule has 0 bridgehead atoms. The number of carboxylic acid groups (broad SMARTS) is 1. The lowest BCUT2D eigenvalue weighted by Gasteiger charge is -2.16. The summed E-state index contributed by atoms with van der Waals surface area (Å²) >= 11 is 6.53. The maximum Gasteiger partial charge on any atom is 0.335 e. The minimum atomic E-state index is -4.27. The van der Waals surface area contributed by atoms with Gasteiger partial charge in [0.15, 0.2) is 0 Å². The van der Waals surface area contributed by atoms with Crippen LogP contribution in [-0.4, -0.2) is 23.5 Å². The van der Waals surface area contributed by atoms with Crippen molar-refractivity contribution in [3.05, 3.63) is 136 Å². The first-order chi connectivity index (χ1) is 21.5. The van der Waals surface area contributed by atoms with Crippen LogP contribution in [0.5, 0.6) is 0 Å².